The molecule has 2 aromatic heterocycles. The zero-order valence-electron chi connectivity index (χ0n) is 23.8. The van der Waals surface area contributed by atoms with Crippen LogP contribution in [0.15, 0.2) is 43.0 Å². The lowest BCUT2D eigenvalue weighted by Gasteiger charge is -2.31. The van der Waals surface area contributed by atoms with Gasteiger partial charge >= 0.3 is 6.09 Å². The first-order chi connectivity index (χ1) is 20.0. The smallest absolute Gasteiger partial charge is 0.407 e. The van der Waals surface area contributed by atoms with Gasteiger partial charge < -0.3 is 24.6 Å². The lowest BCUT2D eigenvalue weighted by molar-refractivity contribution is 0.0504. The van der Waals surface area contributed by atoms with Crippen LogP contribution in [-0.2, 0) is 4.74 Å². The fourth-order valence-corrected chi connectivity index (χ4v) is 5.31. The summed E-state index contributed by atoms with van der Waals surface area (Å²) in [6, 6.07) is 2.77. The van der Waals surface area contributed by atoms with Crippen molar-refractivity contribution in [1.29, 1.82) is 0 Å². The minimum absolute atomic E-state index is 0.173. The summed E-state index contributed by atoms with van der Waals surface area (Å²) >= 11 is 5.89. The van der Waals surface area contributed by atoms with Crippen molar-refractivity contribution in [2.24, 2.45) is 5.92 Å². The monoisotopic (exact) mass is 601 g/mol. The zero-order chi connectivity index (χ0) is 29.9. The van der Waals surface area contributed by atoms with E-state index >= 15 is 0 Å². The largest absolute Gasteiger partial charge is 0.490 e. The first-order valence-corrected chi connectivity index (χ1v) is 14.3. The average molecular weight is 602 g/mol. The average Bonchev–Trinajstić information content (AvgIpc) is 3.36. The van der Waals surface area contributed by atoms with Crippen LogP contribution < -0.4 is 19.9 Å². The van der Waals surface area contributed by atoms with Gasteiger partial charge in [0, 0.05) is 32.1 Å². The summed E-state index contributed by atoms with van der Waals surface area (Å²) in [6.45, 7) is 8.02. The highest BCUT2D eigenvalue weighted by atomic mass is 35.5. The van der Waals surface area contributed by atoms with E-state index in [0.717, 1.165) is 44.1 Å². The van der Waals surface area contributed by atoms with Gasteiger partial charge in [0.1, 0.15) is 17.2 Å². The number of ether oxygens (including phenoxy) is 2. The Hall–Kier alpha value is -3.80. The second-order valence-corrected chi connectivity index (χ2v) is 12.0. The van der Waals surface area contributed by atoms with E-state index in [-0.39, 0.29) is 18.7 Å². The Balaban J connectivity index is 1.19. The van der Waals surface area contributed by atoms with E-state index in [1.165, 1.54) is 0 Å². The number of aromatic nitrogens is 4. The number of carbonyl (C=O) groups is 1. The number of carbonyl (C=O) groups excluding carboxylic acids is 1. The Labute approximate surface area is 248 Å². The molecule has 2 atom stereocenters. The van der Waals surface area contributed by atoms with Crippen LogP contribution in [0.3, 0.4) is 0 Å². The van der Waals surface area contributed by atoms with Crippen molar-refractivity contribution in [2.75, 3.05) is 42.6 Å². The third kappa shape index (κ3) is 7.53. The molecule has 2 fully saturated rings. The Morgan fingerprint density at radius 3 is 2.31 bits per heavy atom. The molecule has 0 aliphatic carbocycles. The fourth-order valence-electron chi connectivity index (χ4n) is 5.22. The maximum absolute atomic E-state index is 14.8. The molecule has 2 saturated heterocycles. The predicted molar refractivity (Wildman–Crippen MR) is 154 cm³/mol. The number of nitrogens with zero attached hydrogens (tertiary/aromatic N) is 6. The van der Waals surface area contributed by atoms with Crippen molar-refractivity contribution in [1.82, 2.24) is 25.3 Å². The first-order valence-electron chi connectivity index (χ1n) is 13.9. The van der Waals surface area contributed by atoms with Crippen molar-refractivity contribution >= 4 is 29.6 Å². The molecular formula is C29H34ClF2N7O3. The molecule has 0 radical (unpaired) electrons. The van der Waals surface area contributed by atoms with Crippen LogP contribution in [0, 0.1) is 17.6 Å². The van der Waals surface area contributed by atoms with Crippen molar-refractivity contribution in [3.05, 3.63) is 65.2 Å². The highest BCUT2D eigenvalue weighted by Gasteiger charge is 2.38. The molecule has 5 rings (SSSR count). The van der Waals surface area contributed by atoms with Gasteiger partial charge in [-0.3, -0.25) is 0 Å². The summed E-state index contributed by atoms with van der Waals surface area (Å²) in [5.74, 6) is 0.338. The van der Waals surface area contributed by atoms with Crippen LogP contribution >= 0.6 is 11.6 Å². The van der Waals surface area contributed by atoms with Crippen LogP contribution in [0.5, 0.6) is 5.75 Å². The van der Waals surface area contributed by atoms with Gasteiger partial charge in [-0.05, 0) is 63.3 Å². The molecule has 0 spiro atoms. The molecule has 0 unspecified atom stereocenters. The first kappa shape index (κ1) is 29.7. The number of amides is 1. The van der Waals surface area contributed by atoms with E-state index in [0.29, 0.717) is 35.2 Å². The molecule has 2 aliphatic rings. The summed E-state index contributed by atoms with van der Waals surface area (Å²) in [5.41, 5.74) is -0.532. The Morgan fingerprint density at radius 2 is 1.64 bits per heavy atom. The van der Waals surface area contributed by atoms with Gasteiger partial charge in [0.15, 0.2) is 5.75 Å². The molecule has 224 valence electrons. The SMILES string of the molecule is CC(C)(C)OC(=O)N[C@H]1CN(c2ncc(OCC3CCN(c4ncc(Cl)cn4)CC3)cn2)C[C@@H]1c1cc(F)ccc1F. The zero-order valence-corrected chi connectivity index (χ0v) is 24.5. The number of piperidine rings is 1. The summed E-state index contributed by atoms with van der Waals surface area (Å²) in [7, 11) is 0. The molecule has 3 aromatic rings. The molecule has 0 bridgehead atoms. The van der Waals surface area contributed by atoms with E-state index in [2.05, 4.69) is 30.2 Å². The number of hydrogen-bond donors (Lipinski definition) is 1. The Bertz CT molecular complexity index is 1370. The van der Waals surface area contributed by atoms with Gasteiger partial charge in [-0.1, -0.05) is 11.6 Å². The predicted octanol–water partition coefficient (Wildman–Crippen LogP) is 4.99. The number of alkyl carbamates (subject to hydrolysis) is 1. The number of halogens is 3. The summed E-state index contributed by atoms with van der Waals surface area (Å²) in [4.78, 5) is 34.0. The molecule has 1 amide bonds. The second kappa shape index (κ2) is 12.6. The molecule has 1 aromatic carbocycles. The molecule has 42 heavy (non-hydrogen) atoms. The van der Waals surface area contributed by atoms with Crippen LogP contribution in [0.1, 0.15) is 45.1 Å². The van der Waals surface area contributed by atoms with Gasteiger partial charge in [-0.25, -0.2) is 33.5 Å². The number of benzene rings is 1. The Kier molecular flexibility index (Phi) is 8.91. The van der Waals surface area contributed by atoms with E-state index in [9.17, 15) is 13.6 Å². The number of anilines is 2. The van der Waals surface area contributed by atoms with E-state index in [4.69, 9.17) is 21.1 Å². The molecular weight excluding hydrogens is 568 g/mol. The van der Waals surface area contributed by atoms with Crippen LogP contribution in [0.25, 0.3) is 0 Å². The molecule has 0 saturated carbocycles. The van der Waals surface area contributed by atoms with E-state index in [1.54, 1.807) is 45.6 Å². The number of nitrogens with one attached hydrogen (secondary N) is 1. The van der Waals surface area contributed by atoms with Crippen molar-refractivity contribution in [3.63, 3.8) is 0 Å². The summed E-state index contributed by atoms with van der Waals surface area (Å²) in [6.07, 6.45) is 7.64. The van der Waals surface area contributed by atoms with Crippen molar-refractivity contribution < 1.29 is 23.0 Å². The third-order valence-corrected chi connectivity index (χ3v) is 7.46. The topological polar surface area (TPSA) is 106 Å². The molecule has 4 heterocycles. The van der Waals surface area contributed by atoms with Gasteiger partial charge in [0.2, 0.25) is 11.9 Å². The molecule has 2 aliphatic heterocycles. The van der Waals surface area contributed by atoms with Gasteiger partial charge in [0.05, 0.1) is 42.5 Å². The van der Waals surface area contributed by atoms with Crippen LogP contribution in [0.2, 0.25) is 5.02 Å². The number of rotatable bonds is 7. The van der Waals surface area contributed by atoms with Crippen molar-refractivity contribution in [2.45, 2.75) is 51.2 Å². The highest BCUT2D eigenvalue weighted by Crippen LogP contribution is 2.32. The van der Waals surface area contributed by atoms with E-state index in [1.807, 2.05) is 4.90 Å². The number of hydrogen-bond acceptors (Lipinski definition) is 9. The summed E-state index contributed by atoms with van der Waals surface area (Å²) < 4.78 is 40.2. The van der Waals surface area contributed by atoms with Gasteiger partial charge in [-0.2, -0.15) is 0 Å². The minimum Gasteiger partial charge on any atom is -0.490 e. The molecule has 13 heteroatoms. The molecule has 10 nitrogen and oxygen atoms in total. The van der Waals surface area contributed by atoms with Crippen molar-refractivity contribution in [3.8, 4) is 5.75 Å². The second-order valence-electron chi connectivity index (χ2n) is 11.6. The van der Waals surface area contributed by atoms with Crippen LogP contribution in [-0.4, -0.2) is 70.5 Å². The van der Waals surface area contributed by atoms with Gasteiger partial charge in [0.25, 0.3) is 0 Å². The van der Waals surface area contributed by atoms with Gasteiger partial charge in [-0.15, -0.1) is 0 Å². The Morgan fingerprint density at radius 1 is 1.00 bits per heavy atom. The fraction of sp³-hybridized carbons (Fsp3) is 0.483. The summed E-state index contributed by atoms with van der Waals surface area (Å²) in [5, 5.41) is 3.34. The molecule has 1 N–H and O–H groups in total. The maximum Gasteiger partial charge on any atom is 0.407 e. The van der Waals surface area contributed by atoms with E-state index < -0.39 is 35.3 Å². The lowest BCUT2D eigenvalue weighted by Crippen LogP contribution is -2.43. The normalized spacial score (nSPS) is 19.6. The third-order valence-electron chi connectivity index (χ3n) is 7.27. The lowest BCUT2D eigenvalue weighted by atomic mass is 9.94. The quantitative estimate of drug-likeness (QED) is 0.401. The highest BCUT2D eigenvalue weighted by molar-refractivity contribution is 6.30. The standard InChI is InChI=1S/C29H34ClF2N7O3/c1-29(2,3)42-28(40)37-25-16-39(15-23(25)22-10-20(31)4-5-24(22)32)27-35-13-21(14-36-27)41-17-18-6-8-38(9-7-18)26-33-11-19(30)12-34-26/h4-5,10-14,18,23,25H,6-9,15-17H2,1-3H3,(H,37,40)/t23-,25+/m1/s1. The van der Waals surface area contributed by atoms with Crippen LogP contribution in [0.4, 0.5) is 25.5 Å². The maximum atomic E-state index is 14.8. The minimum atomic E-state index is -0.705.